The van der Waals surface area contributed by atoms with Gasteiger partial charge in [0.25, 0.3) is 5.56 Å². The van der Waals surface area contributed by atoms with Gasteiger partial charge in [0.1, 0.15) is 0 Å². The van der Waals surface area contributed by atoms with Crippen molar-refractivity contribution in [1.82, 2.24) is 4.57 Å². The molecule has 0 aromatic carbocycles. The minimum atomic E-state index is -1.07. The molecule has 0 fully saturated rings. The second-order valence-electron chi connectivity index (χ2n) is 5.90. The topological polar surface area (TPSA) is 68.5 Å². The first-order valence-electron chi connectivity index (χ1n) is 6.91. The van der Waals surface area contributed by atoms with Gasteiger partial charge in [-0.15, -0.1) is 0 Å². The average molecular weight is 293 g/mol. The van der Waals surface area contributed by atoms with Crippen LogP contribution >= 0.6 is 0 Å². The van der Waals surface area contributed by atoms with E-state index in [0.717, 1.165) is 18.2 Å². The number of carboxylic acid groups (broad SMARTS) is 1. The van der Waals surface area contributed by atoms with Crippen LogP contribution in [0.25, 0.3) is 6.08 Å². The van der Waals surface area contributed by atoms with Gasteiger partial charge in [-0.2, -0.15) is 0 Å². The van der Waals surface area contributed by atoms with Crippen molar-refractivity contribution in [3.63, 3.8) is 0 Å². The molecule has 0 radical (unpaired) electrons. The summed E-state index contributed by atoms with van der Waals surface area (Å²) in [4.78, 5) is 23.1. The van der Waals surface area contributed by atoms with Crippen LogP contribution in [0.1, 0.15) is 38.4 Å². The van der Waals surface area contributed by atoms with Crippen molar-refractivity contribution in [1.29, 1.82) is 0 Å². The molecule has 1 aromatic heterocycles. The first-order valence-corrected chi connectivity index (χ1v) is 6.91. The maximum absolute atomic E-state index is 12.5. The number of hydrogen-bond donors (Lipinski definition) is 1. The quantitative estimate of drug-likeness (QED) is 0.645. The fraction of sp³-hybridized carbons (Fsp3) is 0.500. The lowest BCUT2D eigenvalue weighted by Gasteiger charge is -2.24. The molecule has 0 aliphatic heterocycles. The third-order valence-corrected chi connectivity index (χ3v) is 3.11. The molecular weight excluding hydrogens is 270 g/mol. The lowest BCUT2D eigenvalue weighted by molar-refractivity contribution is -0.131. The highest BCUT2D eigenvalue weighted by Gasteiger charge is 2.19. The van der Waals surface area contributed by atoms with Crippen molar-refractivity contribution in [2.45, 2.75) is 39.2 Å². The molecule has 0 unspecified atom stereocenters. The SMILES string of the molecule is COCCCn1c(C(C)(C)C)ccc(/C=C/C(=O)O)c1=O. The lowest BCUT2D eigenvalue weighted by Crippen LogP contribution is -2.31. The summed E-state index contributed by atoms with van der Waals surface area (Å²) in [6, 6.07) is 3.56. The molecule has 116 valence electrons. The van der Waals surface area contributed by atoms with Crippen LogP contribution in [0.5, 0.6) is 0 Å². The summed E-state index contributed by atoms with van der Waals surface area (Å²) < 4.78 is 6.74. The molecule has 21 heavy (non-hydrogen) atoms. The van der Waals surface area contributed by atoms with Gasteiger partial charge in [-0.1, -0.05) is 20.8 Å². The van der Waals surface area contributed by atoms with Crippen LogP contribution in [0.3, 0.4) is 0 Å². The van der Waals surface area contributed by atoms with Gasteiger partial charge in [0.2, 0.25) is 0 Å². The number of aromatic nitrogens is 1. The van der Waals surface area contributed by atoms with E-state index >= 15 is 0 Å². The highest BCUT2D eigenvalue weighted by molar-refractivity contribution is 5.85. The maximum Gasteiger partial charge on any atom is 0.328 e. The van der Waals surface area contributed by atoms with Gasteiger partial charge >= 0.3 is 5.97 Å². The van der Waals surface area contributed by atoms with E-state index in [1.807, 2.05) is 26.8 Å². The van der Waals surface area contributed by atoms with Gasteiger partial charge in [-0.05, 0) is 24.6 Å². The minimum Gasteiger partial charge on any atom is -0.478 e. The summed E-state index contributed by atoms with van der Waals surface area (Å²) in [5.74, 6) is -1.07. The molecule has 0 saturated heterocycles. The Balaban J connectivity index is 3.27. The molecule has 0 amide bonds. The van der Waals surface area contributed by atoms with Crippen molar-refractivity contribution in [3.05, 3.63) is 39.8 Å². The van der Waals surface area contributed by atoms with Crippen LogP contribution in [0.4, 0.5) is 0 Å². The normalized spacial score (nSPS) is 12.0. The Labute approximate surface area is 124 Å². The molecule has 1 N–H and O–H groups in total. The third kappa shape index (κ3) is 4.86. The summed E-state index contributed by atoms with van der Waals surface area (Å²) in [7, 11) is 1.62. The first kappa shape index (κ1) is 17.2. The number of pyridine rings is 1. The van der Waals surface area contributed by atoms with Crippen LogP contribution in [0, 0.1) is 0 Å². The summed E-state index contributed by atoms with van der Waals surface area (Å²) in [5.41, 5.74) is 0.969. The summed E-state index contributed by atoms with van der Waals surface area (Å²) in [6.07, 6.45) is 3.04. The van der Waals surface area contributed by atoms with Gasteiger partial charge < -0.3 is 14.4 Å². The van der Waals surface area contributed by atoms with Gasteiger partial charge in [0, 0.05) is 43.0 Å². The Bertz CT molecular complexity index is 579. The second-order valence-corrected chi connectivity index (χ2v) is 5.90. The lowest BCUT2D eigenvalue weighted by atomic mass is 9.90. The summed E-state index contributed by atoms with van der Waals surface area (Å²) in [6.45, 7) is 7.25. The van der Waals surface area contributed by atoms with E-state index in [9.17, 15) is 9.59 Å². The van der Waals surface area contributed by atoms with E-state index in [2.05, 4.69) is 0 Å². The predicted octanol–water partition coefficient (Wildman–Crippen LogP) is 2.28. The number of ether oxygens (including phenoxy) is 1. The zero-order chi connectivity index (χ0) is 16.0. The van der Waals surface area contributed by atoms with Gasteiger partial charge in [-0.25, -0.2) is 4.79 Å². The van der Waals surface area contributed by atoms with Crippen molar-refractivity contribution in [2.75, 3.05) is 13.7 Å². The van der Waals surface area contributed by atoms with Crippen LogP contribution in [0.2, 0.25) is 0 Å². The number of methoxy groups -OCH3 is 1. The van der Waals surface area contributed by atoms with Gasteiger partial charge in [0.05, 0.1) is 0 Å². The van der Waals surface area contributed by atoms with E-state index in [-0.39, 0.29) is 11.0 Å². The summed E-state index contributed by atoms with van der Waals surface area (Å²) >= 11 is 0. The van der Waals surface area contributed by atoms with Crippen LogP contribution in [-0.4, -0.2) is 29.4 Å². The van der Waals surface area contributed by atoms with Gasteiger partial charge in [-0.3, -0.25) is 4.79 Å². The number of rotatable bonds is 6. The maximum atomic E-state index is 12.5. The highest BCUT2D eigenvalue weighted by Crippen LogP contribution is 2.21. The average Bonchev–Trinajstić information content (AvgIpc) is 2.37. The van der Waals surface area contributed by atoms with Crippen molar-refractivity contribution in [3.8, 4) is 0 Å². The van der Waals surface area contributed by atoms with E-state index < -0.39 is 5.97 Å². The fourth-order valence-corrected chi connectivity index (χ4v) is 2.13. The largest absolute Gasteiger partial charge is 0.478 e. The number of nitrogens with zero attached hydrogens (tertiary/aromatic N) is 1. The molecule has 0 spiro atoms. The molecule has 0 atom stereocenters. The van der Waals surface area contributed by atoms with Crippen LogP contribution < -0.4 is 5.56 Å². The number of carboxylic acids is 1. The summed E-state index contributed by atoms with van der Waals surface area (Å²) in [5, 5.41) is 8.68. The van der Waals surface area contributed by atoms with Gasteiger partial charge in [0.15, 0.2) is 0 Å². The molecular formula is C16H23NO4. The molecule has 0 saturated carbocycles. The molecule has 0 bridgehead atoms. The molecule has 5 nitrogen and oxygen atoms in total. The van der Waals surface area contributed by atoms with E-state index in [0.29, 0.717) is 18.7 Å². The van der Waals surface area contributed by atoms with E-state index in [4.69, 9.17) is 9.84 Å². The van der Waals surface area contributed by atoms with Crippen molar-refractivity contribution in [2.24, 2.45) is 0 Å². The molecule has 5 heteroatoms. The highest BCUT2D eigenvalue weighted by atomic mass is 16.5. The Morgan fingerprint density at radius 2 is 2.05 bits per heavy atom. The monoisotopic (exact) mass is 293 g/mol. The molecule has 0 aliphatic rings. The third-order valence-electron chi connectivity index (χ3n) is 3.11. The number of hydrogen-bond acceptors (Lipinski definition) is 3. The number of carbonyl (C=O) groups is 1. The molecule has 1 rings (SSSR count). The van der Waals surface area contributed by atoms with E-state index in [1.54, 1.807) is 17.7 Å². The standard InChI is InChI=1S/C16H23NO4/c1-16(2,3)13-8-6-12(7-9-14(18)19)15(20)17(13)10-5-11-21-4/h6-9H,5,10-11H2,1-4H3,(H,18,19)/b9-7+. The van der Waals surface area contributed by atoms with E-state index in [1.165, 1.54) is 6.08 Å². The molecule has 1 aromatic rings. The van der Waals surface area contributed by atoms with Crippen LogP contribution in [0.15, 0.2) is 23.0 Å². The number of aliphatic carboxylic acids is 1. The zero-order valence-corrected chi connectivity index (χ0v) is 13.0. The Morgan fingerprint density at radius 1 is 1.38 bits per heavy atom. The van der Waals surface area contributed by atoms with Crippen LogP contribution in [-0.2, 0) is 21.5 Å². The predicted molar refractivity (Wildman–Crippen MR) is 82.6 cm³/mol. The zero-order valence-electron chi connectivity index (χ0n) is 13.0. The second kappa shape index (κ2) is 7.22. The minimum absolute atomic E-state index is 0.165. The molecule has 0 aliphatic carbocycles. The first-order chi connectivity index (χ1) is 9.77. The smallest absolute Gasteiger partial charge is 0.328 e. The fourth-order valence-electron chi connectivity index (χ4n) is 2.13. The van der Waals surface area contributed by atoms with Crippen molar-refractivity contribution < 1.29 is 14.6 Å². The Morgan fingerprint density at radius 3 is 2.57 bits per heavy atom. The van der Waals surface area contributed by atoms with Crippen molar-refractivity contribution >= 4 is 12.0 Å². The Kier molecular flexibility index (Phi) is 5.90. The molecule has 1 heterocycles. The Hall–Kier alpha value is -1.88.